The number of carbonyl (C=O) groups is 2. The number of hydrogen-bond acceptors (Lipinski definition) is 4. The highest BCUT2D eigenvalue weighted by atomic mass is 32.2. The molecule has 2 N–H and O–H groups in total. The largest absolute Gasteiger partial charge is 0.326 e. The van der Waals surface area contributed by atoms with E-state index in [0.29, 0.717) is 17.8 Å². The van der Waals surface area contributed by atoms with Crippen molar-refractivity contribution >= 4 is 33.2 Å². The van der Waals surface area contributed by atoms with Crippen molar-refractivity contribution in [3.8, 4) is 0 Å². The lowest BCUT2D eigenvalue weighted by molar-refractivity contribution is -0.122. The Bertz CT molecular complexity index is 1090. The van der Waals surface area contributed by atoms with E-state index in [2.05, 4.69) is 16.6 Å². The first-order valence-electron chi connectivity index (χ1n) is 10.0. The fourth-order valence-corrected chi connectivity index (χ4v) is 4.63. The van der Waals surface area contributed by atoms with Gasteiger partial charge >= 0.3 is 0 Å². The van der Waals surface area contributed by atoms with Crippen LogP contribution in [0.25, 0.3) is 0 Å². The molecule has 0 aliphatic carbocycles. The van der Waals surface area contributed by atoms with Gasteiger partial charge in [-0.3, -0.25) is 9.59 Å². The number of carbonyl (C=O) groups excluding carboxylic acids is 2. The molecule has 7 nitrogen and oxygen atoms in total. The Kier molecular flexibility index (Phi) is 6.92. The Morgan fingerprint density at radius 1 is 1.19 bits per heavy atom. The summed E-state index contributed by atoms with van der Waals surface area (Å²) in [6, 6.07) is 12.4. The first kappa shape index (κ1) is 22.7. The fourth-order valence-electron chi connectivity index (χ4n) is 3.53. The molecule has 0 radical (unpaired) electrons. The molecule has 8 heteroatoms. The molecule has 0 saturated carbocycles. The molecule has 1 atom stereocenters. The minimum Gasteiger partial charge on any atom is -0.326 e. The maximum Gasteiger partial charge on any atom is 0.229 e. The number of nitrogens with zero attached hydrogens (tertiary/aromatic N) is 1. The second-order valence-corrected chi connectivity index (χ2v) is 9.51. The second kappa shape index (κ2) is 9.45. The molecule has 1 aliphatic heterocycles. The predicted molar refractivity (Wildman–Crippen MR) is 122 cm³/mol. The summed E-state index contributed by atoms with van der Waals surface area (Å²) in [6.07, 6.45) is 1.63. The highest BCUT2D eigenvalue weighted by Gasteiger charge is 2.35. The SMILES string of the molecule is C=CCNS(=O)(=O)Cc1ccc(NC(=O)C2CC(=O)N(c3cccc(C)c3C)C2)cc1. The highest BCUT2D eigenvalue weighted by molar-refractivity contribution is 7.88. The van der Waals surface area contributed by atoms with Gasteiger partial charge in [-0.1, -0.05) is 30.3 Å². The van der Waals surface area contributed by atoms with Gasteiger partial charge in [-0.2, -0.15) is 0 Å². The van der Waals surface area contributed by atoms with E-state index in [1.807, 2.05) is 32.0 Å². The second-order valence-electron chi connectivity index (χ2n) is 7.71. The maximum atomic E-state index is 12.7. The summed E-state index contributed by atoms with van der Waals surface area (Å²) in [6.45, 7) is 7.96. The number of amides is 2. The van der Waals surface area contributed by atoms with E-state index in [9.17, 15) is 18.0 Å². The first-order chi connectivity index (χ1) is 14.7. The molecule has 1 heterocycles. The number of aryl methyl sites for hydroxylation is 1. The molecule has 0 aromatic heterocycles. The van der Waals surface area contributed by atoms with Gasteiger partial charge in [0.25, 0.3) is 0 Å². The Labute approximate surface area is 183 Å². The highest BCUT2D eigenvalue weighted by Crippen LogP contribution is 2.30. The lowest BCUT2D eigenvalue weighted by Gasteiger charge is -2.20. The van der Waals surface area contributed by atoms with E-state index in [1.165, 1.54) is 6.08 Å². The Morgan fingerprint density at radius 2 is 1.90 bits per heavy atom. The van der Waals surface area contributed by atoms with E-state index in [-0.39, 0.29) is 30.5 Å². The van der Waals surface area contributed by atoms with Crippen molar-refractivity contribution in [1.82, 2.24) is 4.72 Å². The third kappa shape index (κ3) is 5.59. The van der Waals surface area contributed by atoms with Gasteiger partial charge in [0.2, 0.25) is 21.8 Å². The van der Waals surface area contributed by atoms with Crippen LogP contribution < -0.4 is 14.9 Å². The Balaban J connectivity index is 1.62. The third-order valence-corrected chi connectivity index (χ3v) is 6.71. The van der Waals surface area contributed by atoms with Crippen molar-refractivity contribution in [3.63, 3.8) is 0 Å². The number of nitrogens with one attached hydrogen (secondary N) is 2. The van der Waals surface area contributed by atoms with Crippen LogP contribution in [0.15, 0.2) is 55.1 Å². The van der Waals surface area contributed by atoms with Crippen LogP contribution in [0.4, 0.5) is 11.4 Å². The van der Waals surface area contributed by atoms with E-state index >= 15 is 0 Å². The zero-order valence-corrected chi connectivity index (χ0v) is 18.5. The van der Waals surface area contributed by atoms with Gasteiger partial charge in [-0.15, -0.1) is 6.58 Å². The molecule has 1 unspecified atom stereocenters. The van der Waals surface area contributed by atoms with Crippen LogP contribution in [-0.2, 0) is 25.4 Å². The molecule has 1 fully saturated rings. The van der Waals surface area contributed by atoms with E-state index in [0.717, 1.165) is 16.8 Å². The molecule has 3 rings (SSSR count). The molecular formula is C23H27N3O4S. The molecule has 2 amide bonds. The van der Waals surface area contributed by atoms with Crippen LogP contribution >= 0.6 is 0 Å². The van der Waals surface area contributed by atoms with E-state index in [1.54, 1.807) is 29.2 Å². The lowest BCUT2D eigenvalue weighted by Crippen LogP contribution is -2.28. The number of anilines is 2. The number of rotatable bonds is 8. The number of sulfonamides is 1. The molecule has 1 saturated heterocycles. The smallest absolute Gasteiger partial charge is 0.229 e. The molecule has 164 valence electrons. The van der Waals surface area contributed by atoms with Gasteiger partial charge in [-0.05, 0) is 48.7 Å². The molecule has 1 aliphatic rings. The van der Waals surface area contributed by atoms with Gasteiger partial charge in [0.1, 0.15) is 0 Å². The molecule has 2 aromatic rings. The van der Waals surface area contributed by atoms with Crippen LogP contribution in [0.3, 0.4) is 0 Å². The number of benzene rings is 2. The van der Waals surface area contributed by atoms with Crippen molar-refractivity contribution in [3.05, 3.63) is 71.8 Å². The van der Waals surface area contributed by atoms with Crippen molar-refractivity contribution in [2.75, 3.05) is 23.3 Å². The Hall–Kier alpha value is -2.97. The van der Waals surface area contributed by atoms with Crippen LogP contribution in [0.2, 0.25) is 0 Å². The average Bonchev–Trinajstić information content (AvgIpc) is 3.11. The summed E-state index contributed by atoms with van der Waals surface area (Å²) in [4.78, 5) is 26.9. The molecule has 2 aromatic carbocycles. The van der Waals surface area contributed by atoms with Gasteiger partial charge in [0.05, 0.1) is 11.7 Å². The minimum absolute atomic E-state index is 0.0681. The van der Waals surface area contributed by atoms with E-state index in [4.69, 9.17) is 0 Å². The topological polar surface area (TPSA) is 95.6 Å². The minimum atomic E-state index is -3.44. The monoisotopic (exact) mass is 441 g/mol. The van der Waals surface area contributed by atoms with E-state index < -0.39 is 15.9 Å². The number of hydrogen-bond donors (Lipinski definition) is 2. The summed E-state index contributed by atoms with van der Waals surface area (Å²) in [5.74, 6) is -0.900. The summed E-state index contributed by atoms with van der Waals surface area (Å²) in [5, 5.41) is 2.83. The lowest BCUT2D eigenvalue weighted by atomic mass is 10.1. The quantitative estimate of drug-likeness (QED) is 0.616. The van der Waals surface area contributed by atoms with Gasteiger partial charge in [0, 0.05) is 30.9 Å². The predicted octanol–water partition coefficient (Wildman–Crippen LogP) is 2.90. The fraction of sp³-hybridized carbons (Fsp3) is 0.304. The first-order valence-corrected chi connectivity index (χ1v) is 11.7. The summed E-state index contributed by atoms with van der Waals surface area (Å²) >= 11 is 0. The third-order valence-electron chi connectivity index (χ3n) is 5.39. The maximum absolute atomic E-state index is 12.7. The molecule has 31 heavy (non-hydrogen) atoms. The van der Waals surface area contributed by atoms with Crippen molar-refractivity contribution in [2.45, 2.75) is 26.0 Å². The van der Waals surface area contributed by atoms with Crippen LogP contribution in [0.1, 0.15) is 23.1 Å². The van der Waals surface area contributed by atoms with Crippen LogP contribution in [0, 0.1) is 19.8 Å². The molecular weight excluding hydrogens is 414 g/mol. The van der Waals surface area contributed by atoms with Gasteiger partial charge < -0.3 is 10.2 Å². The Morgan fingerprint density at radius 3 is 2.58 bits per heavy atom. The zero-order chi connectivity index (χ0) is 22.6. The average molecular weight is 442 g/mol. The standard InChI is InChI=1S/C23H27N3O4S/c1-4-12-24-31(29,30)15-18-8-10-20(11-9-18)25-23(28)19-13-22(27)26(14-19)21-7-5-6-16(2)17(21)3/h4-11,19,24H,1,12-15H2,2-3H3,(H,25,28). The van der Waals surface area contributed by atoms with Crippen molar-refractivity contribution < 1.29 is 18.0 Å². The summed E-state index contributed by atoms with van der Waals surface area (Å²) in [5.41, 5.74) is 4.13. The van der Waals surface area contributed by atoms with Crippen LogP contribution in [-0.4, -0.2) is 33.3 Å². The zero-order valence-electron chi connectivity index (χ0n) is 17.7. The summed E-state index contributed by atoms with van der Waals surface area (Å²) < 4.78 is 26.3. The molecule has 0 spiro atoms. The van der Waals surface area contributed by atoms with Crippen molar-refractivity contribution in [1.29, 1.82) is 0 Å². The van der Waals surface area contributed by atoms with Gasteiger partial charge in [0.15, 0.2) is 0 Å². The van der Waals surface area contributed by atoms with Gasteiger partial charge in [-0.25, -0.2) is 13.1 Å². The van der Waals surface area contributed by atoms with Crippen molar-refractivity contribution in [2.24, 2.45) is 5.92 Å². The van der Waals surface area contributed by atoms with Crippen LogP contribution in [0.5, 0.6) is 0 Å². The summed E-state index contributed by atoms with van der Waals surface area (Å²) in [7, 11) is -3.44. The molecule has 0 bridgehead atoms. The normalized spacial score (nSPS) is 16.4.